The van der Waals surface area contributed by atoms with Crippen LogP contribution in [0.1, 0.15) is 206 Å². The molecule has 1 aromatic carbocycles. The number of carboxylic acid groups (broad SMARTS) is 1. The van der Waals surface area contributed by atoms with Gasteiger partial charge < -0.3 is 24.4 Å². The molecule has 0 aliphatic heterocycles. The second-order valence-corrected chi connectivity index (χ2v) is 13.6. The van der Waals surface area contributed by atoms with Crippen LogP contribution in [0.5, 0.6) is 23.0 Å². The summed E-state index contributed by atoms with van der Waals surface area (Å²) in [4.78, 5) is 11.9. The van der Waals surface area contributed by atoms with Crippen LogP contribution in [0, 0.1) is 0 Å². The molecule has 274 valence electrons. The topological polar surface area (TPSA) is 85.2 Å². The van der Waals surface area contributed by atoms with Gasteiger partial charge in [-0.1, -0.05) is 169 Å². The van der Waals surface area contributed by atoms with Crippen LogP contribution in [-0.4, -0.2) is 29.6 Å². The van der Waals surface area contributed by atoms with E-state index >= 15 is 0 Å². The second-order valence-electron chi connectivity index (χ2n) is 13.6. The van der Waals surface area contributed by atoms with E-state index in [2.05, 4.69) is 27.7 Å². The van der Waals surface area contributed by atoms with E-state index in [4.69, 9.17) is 14.2 Å². The van der Waals surface area contributed by atoms with Gasteiger partial charge in [-0.15, -0.1) is 0 Å². The van der Waals surface area contributed by atoms with Crippen molar-refractivity contribution in [2.24, 2.45) is 0 Å². The molecular formula is C41H74O6. The van der Waals surface area contributed by atoms with E-state index in [0.717, 1.165) is 75.3 Å². The third-order valence-electron chi connectivity index (χ3n) is 9.29. The Hall–Kier alpha value is -2.11. The molecule has 0 saturated carbocycles. The second kappa shape index (κ2) is 30.0. The zero-order chi connectivity index (χ0) is 34.4. The van der Waals surface area contributed by atoms with Crippen LogP contribution >= 0.6 is 0 Å². The molecule has 0 unspecified atom stereocenters. The third-order valence-corrected chi connectivity index (χ3v) is 9.29. The number of unbranched alkanes of at least 4 members (excludes halogenated alkanes) is 22. The Labute approximate surface area is 289 Å². The molecule has 47 heavy (non-hydrogen) atoms. The van der Waals surface area contributed by atoms with Gasteiger partial charge in [0.25, 0.3) is 0 Å². The van der Waals surface area contributed by atoms with Gasteiger partial charge >= 0.3 is 6.16 Å². The first-order valence-electron chi connectivity index (χ1n) is 20.1. The first-order valence-corrected chi connectivity index (χ1v) is 20.1. The number of aromatic hydroxyl groups is 1. The first-order chi connectivity index (χ1) is 23.0. The van der Waals surface area contributed by atoms with Crippen LogP contribution in [0.4, 0.5) is 4.79 Å². The molecule has 0 spiro atoms. The Balaban J connectivity index is 3.31. The van der Waals surface area contributed by atoms with Gasteiger partial charge in [0.05, 0.1) is 13.2 Å². The largest absolute Gasteiger partial charge is 0.511 e. The first kappa shape index (κ1) is 42.9. The summed E-state index contributed by atoms with van der Waals surface area (Å²) < 4.78 is 18.2. The van der Waals surface area contributed by atoms with Gasteiger partial charge in [0, 0.05) is 11.1 Å². The van der Waals surface area contributed by atoms with E-state index in [1.807, 2.05) is 0 Å². The van der Waals surface area contributed by atoms with E-state index < -0.39 is 6.16 Å². The summed E-state index contributed by atoms with van der Waals surface area (Å²) in [6, 6.07) is 0. The van der Waals surface area contributed by atoms with E-state index in [-0.39, 0.29) is 17.2 Å². The van der Waals surface area contributed by atoms with Crippen molar-refractivity contribution >= 4 is 6.16 Å². The molecule has 0 aliphatic rings. The fraction of sp³-hybridized carbons (Fsp3) is 0.829. The molecule has 2 N–H and O–H groups in total. The Bertz CT molecular complexity index is 899. The third kappa shape index (κ3) is 20.1. The molecule has 0 atom stereocenters. The summed E-state index contributed by atoms with van der Waals surface area (Å²) in [5.41, 5.74) is 1.77. The van der Waals surface area contributed by atoms with Crippen molar-refractivity contribution < 1.29 is 29.2 Å². The molecule has 0 saturated heterocycles. The minimum absolute atomic E-state index is 0.0822. The molecule has 0 aromatic heterocycles. The number of phenolic OH excluding ortho intramolecular Hbond substituents is 1. The number of benzene rings is 1. The molecule has 0 radical (unpaired) electrons. The van der Waals surface area contributed by atoms with Gasteiger partial charge in [-0.25, -0.2) is 4.79 Å². The molecule has 0 fully saturated rings. The molecule has 0 bridgehead atoms. The highest BCUT2D eigenvalue weighted by Gasteiger charge is 2.29. The molecule has 6 heteroatoms. The number of rotatable bonds is 33. The average Bonchev–Trinajstić information content (AvgIpc) is 3.06. The lowest BCUT2D eigenvalue weighted by Crippen LogP contribution is -2.12. The van der Waals surface area contributed by atoms with Crippen molar-refractivity contribution in [3.05, 3.63) is 11.1 Å². The summed E-state index contributed by atoms with van der Waals surface area (Å²) in [7, 11) is 0. The van der Waals surface area contributed by atoms with Gasteiger partial charge in [-0.2, -0.15) is 0 Å². The van der Waals surface area contributed by atoms with Crippen molar-refractivity contribution in [3.8, 4) is 23.0 Å². The number of ether oxygens (including phenoxy) is 3. The Morgan fingerprint density at radius 2 is 0.787 bits per heavy atom. The fourth-order valence-corrected chi connectivity index (χ4v) is 6.40. The Morgan fingerprint density at radius 1 is 0.447 bits per heavy atom. The minimum Gasteiger partial charge on any atom is -0.504 e. The maximum atomic E-state index is 11.9. The Kier molecular flexibility index (Phi) is 27.4. The number of phenols is 1. The molecule has 0 amide bonds. The van der Waals surface area contributed by atoms with Gasteiger partial charge in [0.15, 0.2) is 11.5 Å². The maximum absolute atomic E-state index is 11.9. The molecular weight excluding hydrogens is 588 g/mol. The predicted octanol–water partition coefficient (Wildman–Crippen LogP) is 13.5. The minimum atomic E-state index is -1.45. The quantitative estimate of drug-likeness (QED) is 0.0442. The van der Waals surface area contributed by atoms with Crippen molar-refractivity contribution in [1.29, 1.82) is 0 Å². The van der Waals surface area contributed by atoms with Gasteiger partial charge in [0.1, 0.15) is 0 Å². The monoisotopic (exact) mass is 663 g/mol. The zero-order valence-electron chi connectivity index (χ0n) is 31.2. The van der Waals surface area contributed by atoms with E-state index in [0.29, 0.717) is 25.4 Å². The molecule has 1 aromatic rings. The summed E-state index contributed by atoms with van der Waals surface area (Å²) in [6.45, 7) is 9.88. The summed E-state index contributed by atoms with van der Waals surface area (Å²) in [6.07, 6.45) is 30.4. The van der Waals surface area contributed by atoms with Crippen LogP contribution in [0.2, 0.25) is 0 Å². The average molecular weight is 663 g/mol. The van der Waals surface area contributed by atoms with Gasteiger partial charge in [-0.05, 0) is 38.5 Å². The lowest BCUT2D eigenvalue weighted by molar-refractivity contribution is 0.139. The SMILES string of the molecule is CCCCCCCCCCc1c(O)c(OC(=O)O)c(OCCCCCCC)c(OCCCCCCC)c1CCCCCCCCCC. The smallest absolute Gasteiger partial charge is 0.504 e. The van der Waals surface area contributed by atoms with E-state index in [1.54, 1.807) is 0 Å². The van der Waals surface area contributed by atoms with Crippen LogP contribution < -0.4 is 14.2 Å². The maximum Gasteiger partial charge on any atom is 0.511 e. The van der Waals surface area contributed by atoms with Crippen molar-refractivity contribution in [3.63, 3.8) is 0 Å². The fourth-order valence-electron chi connectivity index (χ4n) is 6.40. The number of hydrogen-bond donors (Lipinski definition) is 2. The summed E-state index contributed by atoms with van der Waals surface area (Å²) in [5, 5.41) is 21.4. The van der Waals surface area contributed by atoms with Crippen molar-refractivity contribution in [1.82, 2.24) is 0 Å². The van der Waals surface area contributed by atoms with E-state index in [1.165, 1.54) is 109 Å². The van der Waals surface area contributed by atoms with Gasteiger partial charge in [0.2, 0.25) is 11.5 Å². The molecule has 1 rings (SSSR count). The number of carbonyl (C=O) groups is 1. The van der Waals surface area contributed by atoms with Crippen LogP contribution in [0.15, 0.2) is 0 Å². The lowest BCUT2D eigenvalue weighted by Gasteiger charge is -2.23. The predicted molar refractivity (Wildman–Crippen MR) is 198 cm³/mol. The van der Waals surface area contributed by atoms with Crippen LogP contribution in [0.25, 0.3) is 0 Å². The van der Waals surface area contributed by atoms with E-state index in [9.17, 15) is 15.0 Å². The number of hydrogen-bond acceptors (Lipinski definition) is 5. The summed E-state index contributed by atoms with van der Waals surface area (Å²) >= 11 is 0. The van der Waals surface area contributed by atoms with Gasteiger partial charge in [-0.3, -0.25) is 0 Å². The van der Waals surface area contributed by atoms with Crippen LogP contribution in [0.3, 0.4) is 0 Å². The highest BCUT2D eigenvalue weighted by molar-refractivity contribution is 5.72. The van der Waals surface area contributed by atoms with Crippen molar-refractivity contribution in [2.45, 2.75) is 207 Å². The normalized spacial score (nSPS) is 11.2. The zero-order valence-corrected chi connectivity index (χ0v) is 31.2. The van der Waals surface area contributed by atoms with Crippen molar-refractivity contribution in [2.75, 3.05) is 13.2 Å². The molecule has 0 heterocycles. The molecule has 0 aliphatic carbocycles. The Morgan fingerprint density at radius 3 is 1.19 bits per heavy atom. The standard InChI is InChI=1S/C41H74O6/c1-5-9-13-17-19-21-23-27-31-35-36(32-28-24-22-20-18-14-10-6-2)38(45-33-29-25-15-11-7-3)40(39(37(35)42)47-41(43)44)46-34-30-26-16-12-8-4/h42H,5-34H2,1-4H3,(H,43,44). The lowest BCUT2D eigenvalue weighted by atomic mass is 9.93. The van der Waals surface area contributed by atoms with Crippen LogP contribution in [-0.2, 0) is 12.8 Å². The highest BCUT2D eigenvalue weighted by Crippen LogP contribution is 2.51. The highest BCUT2D eigenvalue weighted by atomic mass is 16.7. The summed E-state index contributed by atoms with van der Waals surface area (Å²) in [5.74, 6) is 0.686. The molecule has 6 nitrogen and oxygen atoms in total.